The Balaban J connectivity index is 2.73. The van der Waals surface area contributed by atoms with Crippen LogP contribution in [0.15, 0.2) is 0 Å². The maximum Gasteiger partial charge on any atom is 0.245 e. The second-order valence-electron chi connectivity index (χ2n) is 6.25. The van der Waals surface area contributed by atoms with Gasteiger partial charge in [0, 0.05) is 49.4 Å². The average molecular weight is 438 g/mol. The summed E-state index contributed by atoms with van der Waals surface area (Å²) in [5.41, 5.74) is 0. The van der Waals surface area contributed by atoms with Crippen LogP contribution in [0, 0.1) is 5.92 Å². The summed E-state index contributed by atoms with van der Waals surface area (Å²) in [6.45, 7) is 7.19. The van der Waals surface area contributed by atoms with Crippen LogP contribution in [-0.2, 0) is 14.4 Å². The van der Waals surface area contributed by atoms with Crippen molar-refractivity contribution in [2.45, 2.75) is 52.1 Å². The second-order valence-corrected chi connectivity index (χ2v) is 7.01. The molecule has 2 atom stereocenters. The van der Waals surface area contributed by atoms with Gasteiger partial charge in [0.05, 0.1) is 0 Å². The minimum atomic E-state index is -0.558. The lowest BCUT2D eigenvalue weighted by molar-refractivity contribution is -0.141. The number of rotatable bonds is 8. The standard InChI is InChI=1S/C15H27IN4O3/c1-10(2)9-12(19-11(3)21)15(23)20-8-4-5-13(20)14(22)17-6-7-18-16/h10,12-13,18H,4-9H2,1-3H3,(H,17,22)(H,19,21). The molecule has 0 spiro atoms. The first-order valence-electron chi connectivity index (χ1n) is 8.05. The molecule has 1 aliphatic rings. The molecule has 1 fully saturated rings. The molecule has 1 aliphatic heterocycles. The smallest absolute Gasteiger partial charge is 0.245 e. The molecule has 3 N–H and O–H groups in total. The van der Waals surface area contributed by atoms with Gasteiger partial charge in [-0.05, 0) is 25.2 Å². The third-order valence-corrected chi connectivity index (χ3v) is 4.28. The first-order valence-corrected chi connectivity index (χ1v) is 9.13. The summed E-state index contributed by atoms with van der Waals surface area (Å²) < 4.78 is 2.94. The summed E-state index contributed by atoms with van der Waals surface area (Å²) in [6, 6.07) is -0.989. The zero-order valence-corrected chi connectivity index (χ0v) is 16.2. The van der Waals surface area contributed by atoms with Crippen molar-refractivity contribution in [3.8, 4) is 0 Å². The predicted octanol–water partition coefficient (Wildman–Crippen LogP) is 0.584. The zero-order valence-electron chi connectivity index (χ0n) is 14.0. The van der Waals surface area contributed by atoms with Gasteiger partial charge in [0.15, 0.2) is 0 Å². The Morgan fingerprint density at radius 3 is 2.52 bits per heavy atom. The van der Waals surface area contributed by atoms with Crippen molar-refractivity contribution >= 4 is 40.6 Å². The fraction of sp³-hybridized carbons (Fsp3) is 0.800. The number of hydrogen-bond acceptors (Lipinski definition) is 4. The SMILES string of the molecule is CC(=O)NC(CC(C)C)C(=O)N1CCCC1C(=O)NCCNI. The van der Waals surface area contributed by atoms with Crippen molar-refractivity contribution in [2.24, 2.45) is 5.92 Å². The topological polar surface area (TPSA) is 90.5 Å². The van der Waals surface area contributed by atoms with Crippen molar-refractivity contribution in [3.63, 3.8) is 0 Å². The van der Waals surface area contributed by atoms with Crippen LogP contribution in [0.1, 0.15) is 40.0 Å². The third kappa shape index (κ3) is 6.62. The fourth-order valence-electron chi connectivity index (χ4n) is 2.79. The highest BCUT2D eigenvalue weighted by atomic mass is 127. The summed E-state index contributed by atoms with van der Waals surface area (Å²) in [5.74, 6) is -0.218. The normalized spacial score (nSPS) is 18.8. The van der Waals surface area contributed by atoms with Crippen molar-refractivity contribution in [3.05, 3.63) is 0 Å². The summed E-state index contributed by atoms with van der Waals surface area (Å²) >= 11 is 2.02. The fourth-order valence-corrected chi connectivity index (χ4v) is 3.06. The molecule has 0 radical (unpaired) electrons. The molecule has 0 aromatic heterocycles. The van der Waals surface area contributed by atoms with Crippen LogP contribution in [0.25, 0.3) is 0 Å². The molecule has 132 valence electrons. The van der Waals surface area contributed by atoms with E-state index in [1.54, 1.807) is 4.90 Å². The van der Waals surface area contributed by atoms with E-state index in [2.05, 4.69) is 14.2 Å². The van der Waals surface area contributed by atoms with Gasteiger partial charge < -0.3 is 15.5 Å². The number of halogens is 1. The molecule has 0 aromatic carbocycles. The van der Waals surface area contributed by atoms with Crippen molar-refractivity contribution in [1.29, 1.82) is 0 Å². The van der Waals surface area contributed by atoms with Crippen LogP contribution in [-0.4, -0.2) is 54.3 Å². The monoisotopic (exact) mass is 438 g/mol. The molecule has 1 saturated heterocycles. The highest BCUT2D eigenvalue weighted by Gasteiger charge is 2.37. The molecular weight excluding hydrogens is 411 g/mol. The van der Waals surface area contributed by atoms with Gasteiger partial charge in [0.2, 0.25) is 17.7 Å². The van der Waals surface area contributed by atoms with Crippen LogP contribution in [0.3, 0.4) is 0 Å². The third-order valence-electron chi connectivity index (χ3n) is 3.74. The highest BCUT2D eigenvalue weighted by Crippen LogP contribution is 2.20. The molecule has 23 heavy (non-hydrogen) atoms. The quantitative estimate of drug-likeness (QED) is 0.294. The lowest BCUT2D eigenvalue weighted by atomic mass is 10.0. The van der Waals surface area contributed by atoms with E-state index in [1.165, 1.54) is 6.92 Å². The Labute approximate surface area is 151 Å². The summed E-state index contributed by atoms with van der Waals surface area (Å²) in [7, 11) is 0. The van der Waals surface area contributed by atoms with Gasteiger partial charge in [-0.25, -0.2) is 0 Å². The van der Waals surface area contributed by atoms with Crippen LogP contribution in [0.5, 0.6) is 0 Å². The van der Waals surface area contributed by atoms with Crippen LogP contribution in [0.4, 0.5) is 0 Å². The first-order chi connectivity index (χ1) is 10.9. The van der Waals surface area contributed by atoms with Crippen molar-refractivity contribution < 1.29 is 14.4 Å². The number of nitrogens with zero attached hydrogens (tertiary/aromatic N) is 1. The van der Waals surface area contributed by atoms with E-state index in [-0.39, 0.29) is 23.6 Å². The van der Waals surface area contributed by atoms with Crippen molar-refractivity contribution in [2.75, 3.05) is 19.6 Å². The predicted molar refractivity (Wildman–Crippen MR) is 96.8 cm³/mol. The number of amides is 3. The van der Waals surface area contributed by atoms with E-state index in [1.807, 2.05) is 36.7 Å². The molecule has 2 unspecified atom stereocenters. The number of carbonyl (C=O) groups is 3. The maximum absolute atomic E-state index is 12.8. The van der Waals surface area contributed by atoms with Crippen LogP contribution < -0.4 is 14.2 Å². The lowest BCUT2D eigenvalue weighted by Crippen LogP contribution is -2.53. The zero-order chi connectivity index (χ0) is 17.4. The van der Waals surface area contributed by atoms with Gasteiger partial charge in [-0.2, -0.15) is 0 Å². The van der Waals surface area contributed by atoms with Gasteiger partial charge in [0.1, 0.15) is 12.1 Å². The average Bonchev–Trinajstić information content (AvgIpc) is 2.94. The molecule has 7 nitrogen and oxygen atoms in total. The Bertz CT molecular complexity index is 431. The molecule has 0 aliphatic carbocycles. The molecule has 1 heterocycles. The number of nitrogens with one attached hydrogen (secondary N) is 3. The highest BCUT2D eigenvalue weighted by molar-refractivity contribution is 14.1. The molecule has 0 saturated carbocycles. The Hall–Kier alpha value is -0.900. The van der Waals surface area contributed by atoms with E-state index >= 15 is 0 Å². The molecule has 0 aromatic rings. The molecule has 0 bridgehead atoms. The van der Waals surface area contributed by atoms with Gasteiger partial charge in [-0.1, -0.05) is 13.8 Å². The van der Waals surface area contributed by atoms with Gasteiger partial charge in [-0.3, -0.25) is 17.9 Å². The van der Waals surface area contributed by atoms with Gasteiger partial charge in [-0.15, -0.1) is 0 Å². The molecule has 3 amide bonds. The number of hydrogen-bond donors (Lipinski definition) is 3. The minimum Gasteiger partial charge on any atom is -0.353 e. The van der Waals surface area contributed by atoms with Crippen molar-refractivity contribution in [1.82, 2.24) is 19.1 Å². The minimum absolute atomic E-state index is 0.117. The van der Waals surface area contributed by atoms with E-state index in [0.29, 0.717) is 32.5 Å². The largest absolute Gasteiger partial charge is 0.353 e. The Kier molecular flexibility index (Phi) is 8.82. The summed E-state index contributed by atoms with van der Waals surface area (Å²) in [4.78, 5) is 38.1. The Morgan fingerprint density at radius 1 is 1.26 bits per heavy atom. The number of carbonyl (C=O) groups excluding carboxylic acids is 3. The van der Waals surface area contributed by atoms with Gasteiger partial charge >= 0.3 is 0 Å². The van der Waals surface area contributed by atoms with E-state index in [4.69, 9.17) is 0 Å². The van der Waals surface area contributed by atoms with E-state index in [9.17, 15) is 14.4 Å². The summed E-state index contributed by atoms with van der Waals surface area (Å²) in [6.07, 6.45) is 2.05. The first kappa shape index (κ1) is 20.1. The maximum atomic E-state index is 12.8. The number of likely N-dealkylation sites (tertiary alicyclic amines) is 1. The lowest BCUT2D eigenvalue weighted by Gasteiger charge is -2.29. The van der Waals surface area contributed by atoms with Gasteiger partial charge in [0.25, 0.3) is 0 Å². The van der Waals surface area contributed by atoms with Crippen LogP contribution >= 0.6 is 22.9 Å². The second kappa shape index (κ2) is 10.1. The van der Waals surface area contributed by atoms with Crippen LogP contribution in [0.2, 0.25) is 0 Å². The molecular formula is C15H27IN4O3. The molecule has 8 heteroatoms. The van der Waals surface area contributed by atoms with E-state index < -0.39 is 12.1 Å². The molecule has 1 rings (SSSR count). The Morgan fingerprint density at radius 2 is 1.96 bits per heavy atom. The summed E-state index contributed by atoms with van der Waals surface area (Å²) in [5, 5.41) is 5.57. The van der Waals surface area contributed by atoms with E-state index in [0.717, 1.165) is 6.42 Å².